The monoisotopic (exact) mass is 250 g/mol. The molecular weight excluding hydrogens is 244 g/mol. The number of hydrogen-bond acceptors (Lipinski definition) is 5. The Morgan fingerprint density at radius 3 is 2.53 bits per heavy atom. The molecule has 0 saturated heterocycles. The predicted octanol–water partition coefficient (Wildman–Crippen LogP) is 1.06. The van der Waals surface area contributed by atoms with E-state index in [9.17, 15) is 9.59 Å². The van der Waals surface area contributed by atoms with E-state index in [4.69, 9.17) is 0 Å². The zero-order valence-electron chi connectivity index (χ0n) is 9.57. The minimum Gasteiger partial charge on any atom is -0.283 e. The summed E-state index contributed by atoms with van der Waals surface area (Å²) in [6.45, 7) is 0. The number of ketones is 1. The smallest absolute Gasteiger partial charge is 0.283 e. The van der Waals surface area contributed by atoms with Crippen molar-refractivity contribution >= 4 is 22.7 Å². The molecule has 1 aromatic carbocycles. The summed E-state index contributed by atoms with van der Waals surface area (Å²) in [5.41, 5.74) is 1.35. The van der Waals surface area contributed by atoms with Gasteiger partial charge in [0.05, 0.1) is 11.0 Å². The highest BCUT2D eigenvalue weighted by atomic mass is 16.2. The number of rotatable bonds is 0. The van der Waals surface area contributed by atoms with Crippen molar-refractivity contribution in [1.82, 2.24) is 19.5 Å². The molecule has 0 N–H and O–H groups in total. The van der Waals surface area contributed by atoms with E-state index in [1.165, 1.54) is 17.0 Å². The van der Waals surface area contributed by atoms with Crippen molar-refractivity contribution in [2.24, 2.45) is 0 Å². The summed E-state index contributed by atoms with van der Waals surface area (Å²) in [6, 6.07) is 7.10. The lowest BCUT2D eigenvalue weighted by Gasteiger charge is -2.13. The number of nitrogens with zero attached hydrogens (tertiary/aromatic N) is 4. The number of aromatic nitrogens is 4. The standard InChI is InChI=1S/C13H6N4O2/c18-11-9-10(15-6-5-14-9)13(19)17-8-4-2-1-3-7(8)16-12(11)17/h1-6H. The minimum absolute atomic E-state index is 0.0651. The second kappa shape index (κ2) is 3.32. The van der Waals surface area contributed by atoms with Gasteiger partial charge in [-0.2, -0.15) is 0 Å². The summed E-state index contributed by atoms with van der Waals surface area (Å²) in [4.78, 5) is 36.8. The molecule has 1 aliphatic heterocycles. The predicted molar refractivity (Wildman–Crippen MR) is 64.9 cm³/mol. The highest BCUT2D eigenvalue weighted by molar-refractivity contribution is 6.20. The molecule has 90 valence electrons. The van der Waals surface area contributed by atoms with Crippen molar-refractivity contribution in [2.45, 2.75) is 0 Å². The first-order valence-electron chi connectivity index (χ1n) is 5.65. The Morgan fingerprint density at radius 1 is 0.947 bits per heavy atom. The van der Waals surface area contributed by atoms with Crippen LogP contribution in [0.25, 0.3) is 11.0 Å². The van der Waals surface area contributed by atoms with Gasteiger partial charge in [-0.05, 0) is 12.1 Å². The molecule has 0 aliphatic carbocycles. The number of hydrogen-bond donors (Lipinski definition) is 0. The highest BCUT2D eigenvalue weighted by Gasteiger charge is 2.34. The van der Waals surface area contributed by atoms with Gasteiger partial charge in [-0.1, -0.05) is 12.1 Å². The van der Waals surface area contributed by atoms with Crippen molar-refractivity contribution < 1.29 is 9.59 Å². The normalized spacial score (nSPS) is 13.5. The van der Waals surface area contributed by atoms with E-state index in [1.54, 1.807) is 24.3 Å². The first-order chi connectivity index (χ1) is 9.27. The lowest BCUT2D eigenvalue weighted by Crippen LogP contribution is -2.29. The van der Waals surface area contributed by atoms with Gasteiger partial charge < -0.3 is 0 Å². The Balaban J connectivity index is 2.14. The van der Waals surface area contributed by atoms with Gasteiger partial charge in [0.15, 0.2) is 11.5 Å². The third-order valence-corrected chi connectivity index (χ3v) is 3.08. The molecule has 2 aromatic heterocycles. The Kier molecular flexibility index (Phi) is 1.76. The van der Waals surface area contributed by atoms with Gasteiger partial charge in [0, 0.05) is 12.4 Å². The molecule has 6 heteroatoms. The van der Waals surface area contributed by atoms with Crippen molar-refractivity contribution in [3.63, 3.8) is 0 Å². The fraction of sp³-hybridized carbons (Fsp3) is 0. The van der Waals surface area contributed by atoms with Crippen molar-refractivity contribution in [3.8, 4) is 0 Å². The molecule has 0 radical (unpaired) electrons. The molecule has 3 heterocycles. The van der Waals surface area contributed by atoms with Gasteiger partial charge in [0.2, 0.25) is 5.78 Å². The molecule has 0 atom stereocenters. The fourth-order valence-electron chi connectivity index (χ4n) is 2.26. The van der Waals surface area contributed by atoms with E-state index >= 15 is 0 Å². The SMILES string of the molecule is O=C1c2nccnc2C(=O)n2c1nc1ccccc12. The van der Waals surface area contributed by atoms with Gasteiger partial charge in [-0.3, -0.25) is 14.2 Å². The van der Waals surface area contributed by atoms with Gasteiger partial charge in [0.25, 0.3) is 5.91 Å². The lowest BCUT2D eigenvalue weighted by atomic mass is 10.1. The van der Waals surface area contributed by atoms with Gasteiger partial charge in [-0.15, -0.1) is 0 Å². The average molecular weight is 250 g/mol. The van der Waals surface area contributed by atoms with E-state index in [1.807, 2.05) is 0 Å². The summed E-state index contributed by atoms with van der Waals surface area (Å²) < 4.78 is 1.30. The molecule has 0 bridgehead atoms. The van der Waals surface area contributed by atoms with E-state index in [-0.39, 0.29) is 28.9 Å². The Labute approximate surface area is 106 Å². The Hall–Kier alpha value is -2.89. The van der Waals surface area contributed by atoms with Crippen LogP contribution in [0.15, 0.2) is 36.7 Å². The van der Waals surface area contributed by atoms with E-state index < -0.39 is 0 Å². The third-order valence-electron chi connectivity index (χ3n) is 3.08. The second-order valence-electron chi connectivity index (χ2n) is 4.15. The van der Waals surface area contributed by atoms with Crippen LogP contribution >= 0.6 is 0 Å². The molecule has 0 spiro atoms. The maximum absolute atomic E-state index is 12.4. The maximum Gasteiger partial charge on any atom is 0.285 e. The highest BCUT2D eigenvalue weighted by Crippen LogP contribution is 2.24. The minimum atomic E-state index is -0.376. The number of fused-ring (bicyclic) bond motifs is 4. The van der Waals surface area contributed by atoms with E-state index in [0.29, 0.717) is 11.0 Å². The summed E-state index contributed by atoms with van der Waals surface area (Å²) in [5, 5.41) is 0. The molecule has 0 fully saturated rings. The molecule has 1 aliphatic rings. The van der Waals surface area contributed by atoms with Crippen LogP contribution in [0.3, 0.4) is 0 Å². The topological polar surface area (TPSA) is 77.7 Å². The molecule has 0 amide bonds. The molecule has 19 heavy (non-hydrogen) atoms. The van der Waals surface area contributed by atoms with Crippen LogP contribution in [-0.4, -0.2) is 31.2 Å². The maximum atomic E-state index is 12.4. The van der Waals surface area contributed by atoms with Crippen LogP contribution in [0, 0.1) is 0 Å². The quantitative estimate of drug-likeness (QED) is 0.466. The van der Waals surface area contributed by atoms with Crippen LogP contribution in [0.1, 0.15) is 26.8 Å². The fourth-order valence-corrected chi connectivity index (χ4v) is 2.26. The molecule has 0 saturated carbocycles. The van der Waals surface area contributed by atoms with Crippen LogP contribution < -0.4 is 0 Å². The third kappa shape index (κ3) is 1.17. The Morgan fingerprint density at radius 2 is 1.68 bits per heavy atom. The van der Waals surface area contributed by atoms with E-state index in [2.05, 4.69) is 15.0 Å². The number of imidazole rings is 1. The number of para-hydroxylation sites is 2. The Bertz CT molecular complexity index is 866. The summed E-state index contributed by atoms with van der Waals surface area (Å²) in [7, 11) is 0. The molecular formula is C13H6N4O2. The van der Waals surface area contributed by atoms with Gasteiger partial charge in [0.1, 0.15) is 5.69 Å². The summed E-state index contributed by atoms with van der Waals surface area (Å²) >= 11 is 0. The number of carbonyl (C=O) groups is 2. The van der Waals surface area contributed by atoms with Crippen LogP contribution in [0.4, 0.5) is 0 Å². The van der Waals surface area contributed by atoms with Crippen molar-refractivity contribution in [1.29, 1.82) is 0 Å². The van der Waals surface area contributed by atoms with Gasteiger partial charge in [-0.25, -0.2) is 15.0 Å². The average Bonchev–Trinajstić information content (AvgIpc) is 2.84. The number of benzene rings is 1. The first-order valence-corrected chi connectivity index (χ1v) is 5.65. The molecule has 0 unspecified atom stereocenters. The summed E-state index contributed by atoms with van der Waals surface area (Å²) in [6.07, 6.45) is 2.79. The second-order valence-corrected chi connectivity index (χ2v) is 4.15. The zero-order valence-corrected chi connectivity index (χ0v) is 9.57. The number of carbonyl (C=O) groups excluding carboxylic acids is 2. The van der Waals surface area contributed by atoms with Crippen molar-refractivity contribution in [2.75, 3.05) is 0 Å². The van der Waals surface area contributed by atoms with Crippen LogP contribution in [-0.2, 0) is 0 Å². The van der Waals surface area contributed by atoms with E-state index in [0.717, 1.165) is 0 Å². The zero-order chi connectivity index (χ0) is 13.0. The van der Waals surface area contributed by atoms with Crippen molar-refractivity contribution in [3.05, 3.63) is 53.9 Å². The van der Waals surface area contributed by atoms with Crippen LogP contribution in [0.5, 0.6) is 0 Å². The summed E-state index contributed by atoms with van der Waals surface area (Å²) in [5.74, 6) is -0.649. The molecule has 3 aromatic rings. The van der Waals surface area contributed by atoms with Gasteiger partial charge >= 0.3 is 0 Å². The first kappa shape index (κ1) is 10.1. The largest absolute Gasteiger partial charge is 0.285 e. The van der Waals surface area contributed by atoms with Crippen LogP contribution in [0.2, 0.25) is 0 Å². The molecule has 6 nitrogen and oxygen atoms in total. The molecule has 4 rings (SSSR count). The lowest BCUT2D eigenvalue weighted by molar-refractivity contribution is 0.0903.